The van der Waals surface area contributed by atoms with Crippen molar-refractivity contribution in [2.24, 2.45) is 15.9 Å². The number of hydrogen-bond donors (Lipinski definition) is 1. The van der Waals surface area contributed by atoms with Crippen LogP contribution in [0.25, 0.3) is 10.2 Å². The number of allylic oxidation sites excluding steroid dienone is 1. The lowest BCUT2D eigenvalue weighted by atomic mass is 10.0. The first-order valence-electron chi connectivity index (χ1n) is 7.90. The molecule has 1 aromatic heterocycles. The Balaban J connectivity index is 1.39. The summed E-state index contributed by atoms with van der Waals surface area (Å²) in [6.07, 6.45) is 4.79. The number of amides is 4. The van der Waals surface area contributed by atoms with E-state index < -0.39 is 11.9 Å². The van der Waals surface area contributed by atoms with Crippen LogP contribution in [0.5, 0.6) is 0 Å². The van der Waals surface area contributed by atoms with Crippen LogP contribution in [0.1, 0.15) is 10.4 Å². The second-order valence-corrected chi connectivity index (χ2v) is 6.56. The summed E-state index contributed by atoms with van der Waals surface area (Å²) in [6.45, 7) is 0.193. The summed E-state index contributed by atoms with van der Waals surface area (Å²) in [4.78, 5) is 49.7. The van der Waals surface area contributed by atoms with Gasteiger partial charge in [-0.25, -0.2) is 14.8 Å². The van der Waals surface area contributed by atoms with E-state index in [1.807, 2.05) is 0 Å². The number of nitrogens with one attached hydrogen (secondary N) is 1. The van der Waals surface area contributed by atoms with Gasteiger partial charge in [0, 0.05) is 24.9 Å². The highest BCUT2D eigenvalue weighted by Crippen LogP contribution is 2.20. The van der Waals surface area contributed by atoms with Crippen molar-refractivity contribution < 1.29 is 14.4 Å². The summed E-state index contributed by atoms with van der Waals surface area (Å²) >= 11 is 1.46. The molecule has 2 aliphatic rings. The van der Waals surface area contributed by atoms with Crippen LogP contribution >= 0.6 is 11.3 Å². The topological polar surface area (TPSA) is 104 Å². The minimum absolute atomic E-state index is 0.0526. The minimum Gasteiger partial charge on any atom is -0.350 e. The predicted molar refractivity (Wildman–Crippen MR) is 97.6 cm³/mol. The van der Waals surface area contributed by atoms with Crippen LogP contribution in [0.4, 0.5) is 4.79 Å². The number of hydrogen-bond acceptors (Lipinski definition) is 6. The Morgan fingerprint density at radius 3 is 3.08 bits per heavy atom. The van der Waals surface area contributed by atoms with E-state index in [1.54, 1.807) is 35.9 Å². The van der Waals surface area contributed by atoms with E-state index in [-0.39, 0.29) is 30.7 Å². The van der Waals surface area contributed by atoms with Crippen molar-refractivity contribution in [2.75, 3.05) is 13.1 Å². The van der Waals surface area contributed by atoms with Crippen molar-refractivity contribution in [1.29, 1.82) is 0 Å². The standard InChI is InChI=1S/C17H13N5O3S/c23-15(10-3-4-12-13(8-10)26-9-20-12)19-6-7-22-16(24)11-2-1-5-18-14(11)21-17(22)25/h1-5,8-9,11H,6-7H2,(H,19,23). The van der Waals surface area contributed by atoms with Gasteiger partial charge in [-0.05, 0) is 24.3 Å². The van der Waals surface area contributed by atoms with E-state index in [0.717, 1.165) is 15.1 Å². The van der Waals surface area contributed by atoms with Crippen LogP contribution in [-0.4, -0.2) is 52.9 Å². The number of amidine groups is 1. The van der Waals surface area contributed by atoms with Gasteiger partial charge in [0.2, 0.25) is 5.91 Å². The third-order valence-corrected chi connectivity index (χ3v) is 4.85. The molecule has 130 valence electrons. The monoisotopic (exact) mass is 367 g/mol. The third kappa shape index (κ3) is 2.93. The summed E-state index contributed by atoms with van der Waals surface area (Å²) in [5.74, 6) is -1.08. The normalized spacial score (nSPS) is 18.8. The summed E-state index contributed by atoms with van der Waals surface area (Å²) < 4.78 is 0.922. The molecule has 9 heteroatoms. The smallest absolute Gasteiger partial charge is 0.350 e. The van der Waals surface area contributed by atoms with E-state index in [4.69, 9.17) is 0 Å². The van der Waals surface area contributed by atoms with Crippen LogP contribution in [0.15, 0.2) is 45.8 Å². The highest BCUT2D eigenvalue weighted by molar-refractivity contribution is 7.16. The SMILES string of the molecule is O=C(NCCN1C(=O)N=C2N=CC=CC2C1=O)c1ccc2ncsc2c1. The molecule has 1 atom stereocenters. The molecule has 4 rings (SSSR count). The fraction of sp³-hybridized carbons (Fsp3) is 0.176. The van der Waals surface area contributed by atoms with Gasteiger partial charge in [0.15, 0.2) is 0 Å². The van der Waals surface area contributed by atoms with Gasteiger partial charge in [0.05, 0.1) is 15.7 Å². The zero-order valence-electron chi connectivity index (χ0n) is 13.5. The van der Waals surface area contributed by atoms with E-state index in [2.05, 4.69) is 20.3 Å². The molecule has 2 aromatic rings. The van der Waals surface area contributed by atoms with Crippen molar-refractivity contribution >= 4 is 51.4 Å². The largest absolute Gasteiger partial charge is 0.352 e. The number of imide groups is 1. The number of carbonyl (C=O) groups is 3. The van der Waals surface area contributed by atoms with Crippen molar-refractivity contribution in [3.05, 3.63) is 41.4 Å². The summed E-state index contributed by atoms with van der Waals surface area (Å²) in [5.41, 5.74) is 3.06. The van der Waals surface area contributed by atoms with Crippen molar-refractivity contribution in [3.8, 4) is 0 Å². The number of carbonyl (C=O) groups excluding carboxylic acids is 3. The Hall–Kier alpha value is -3.20. The first-order chi connectivity index (χ1) is 12.6. The van der Waals surface area contributed by atoms with Crippen LogP contribution in [0, 0.1) is 5.92 Å². The number of aromatic nitrogens is 1. The van der Waals surface area contributed by atoms with Crippen LogP contribution < -0.4 is 5.32 Å². The van der Waals surface area contributed by atoms with Gasteiger partial charge in [0.25, 0.3) is 5.91 Å². The molecule has 0 radical (unpaired) electrons. The van der Waals surface area contributed by atoms with Crippen LogP contribution in [-0.2, 0) is 4.79 Å². The van der Waals surface area contributed by atoms with Crippen molar-refractivity contribution in [2.45, 2.75) is 0 Å². The average Bonchev–Trinajstić information content (AvgIpc) is 3.12. The Labute approximate surface area is 152 Å². The lowest BCUT2D eigenvalue weighted by Gasteiger charge is -2.27. The van der Waals surface area contributed by atoms with Crippen molar-refractivity contribution in [1.82, 2.24) is 15.2 Å². The second kappa shape index (κ2) is 6.60. The molecule has 0 saturated heterocycles. The van der Waals surface area contributed by atoms with E-state index >= 15 is 0 Å². The Morgan fingerprint density at radius 2 is 2.19 bits per heavy atom. The molecule has 0 spiro atoms. The number of rotatable bonds is 4. The molecule has 26 heavy (non-hydrogen) atoms. The number of thiazole rings is 1. The van der Waals surface area contributed by atoms with E-state index in [1.165, 1.54) is 17.6 Å². The molecule has 0 bridgehead atoms. The summed E-state index contributed by atoms with van der Waals surface area (Å²) in [6, 6.07) is 4.58. The number of fused-ring (bicyclic) bond motifs is 2. The van der Waals surface area contributed by atoms with Gasteiger partial charge < -0.3 is 5.32 Å². The summed E-state index contributed by atoms with van der Waals surface area (Å²) in [7, 11) is 0. The quantitative estimate of drug-likeness (QED) is 0.887. The molecule has 1 N–H and O–H groups in total. The van der Waals surface area contributed by atoms with Crippen LogP contribution in [0.3, 0.4) is 0 Å². The number of nitrogens with zero attached hydrogens (tertiary/aromatic N) is 4. The van der Waals surface area contributed by atoms with Gasteiger partial charge in [0.1, 0.15) is 11.8 Å². The predicted octanol–water partition coefficient (Wildman–Crippen LogP) is 1.64. The van der Waals surface area contributed by atoms with Gasteiger partial charge in [-0.15, -0.1) is 11.3 Å². The van der Waals surface area contributed by atoms with E-state index in [9.17, 15) is 14.4 Å². The highest BCUT2D eigenvalue weighted by Gasteiger charge is 2.36. The molecular weight excluding hydrogens is 354 g/mol. The second-order valence-electron chi connectivity index (χ2n) is 5.67. The first kappa shape index (κ1) is 16.3. The molecule has 0 aliphatic carbocycles. The molecule has 0 fully saturated rings. The van der Waals surface area contributed by atoms with E-state index in [0.29, 0.717) is 5.56 Å². The Morgan fingerprint density at radius 1 is 1.31 bits per heavy atom. The first-order valence-corrected chi connectivity index (χ1v) is 8.78. The number of aliphatic imine (C=N–C) groups is 2. The Kier molecular flexibility index (Phi) is 4.13. The Bertz CT molecular complexity index is 1010. The zero-order chi connectivity index (χ0) is 18.1. The lowest BCUT2D eigenvalue weighted by molar-refractivity contribution is -0.129. The molecule has 0 saturated carbocycles. The minimum atomic E-state index is -0.658. The van der Waals surface area contributed by atoms with Gasteiger partial charge in [-0.2, -0.15) is 4.99 Å². The maximum absolute atomic E-state index is 12.4. The molecule has 4 amide bonds. The average molecular weight is 367 g/mol. The maximum atomic E-state index is 12.4. The number of urea groups is 1. The van der Waals surface area contributed by atoms with Gasteiger partial charge in [-0.3, -0.25) is 14.5 Å². The molecule has 3 heterocycles. The zero-order valence-corrected chi connectivity index (χ0v) is 14.3. The van der Waals surface area contributed by atoms with Gasteiger partial charge in [-0.1, -0.05) is 6.08 Å². The molecular formula is C17H13N5O3S. The van der Waals surface area contributed by atoms with Crippen LogP contribution in [0.2, 0.25) is 0 Å². The molecule has 2 aliphatic heterocycles. The van der Waals surface area contributed by atoms with Crippen molar-refractivity contribution in [3.63, 3.8) is 0 Å². The highest BCUT2D eigenvalue weighted by atomic mass is 32.1. The maximum Gasteiger partial charge on any atom is 0.352 e. The lowest BCUT2D eigenvalue weighted by Crippen LogP contribution is -2.48. The van der Waals surface area contributed by atoms with Gasteiger partial charge >= 0.3 is 6.03 Å². The fourth-order valence-electron chi connectivity index (χ4n) is 2.74. The molecule has 1 unspecified atom stereocenters. The number of dihydropyridines is 1. The molecule has 8 nitrogen and oxygen atoms in total. The third-order valence-electron chi connectivity index (χ3n) is 4.06. The molecule has 1 aromatic carbocycles. The fourth-order valence-corrected chi connectivity index (χ4v) is 3.46. The number of benzene rings is 1. The summed E-state index contributed by atoms with van der Waals surface area (Å²) in [5, 5.41) is 2.72.